The first kappa shape index (κ1) is 13.4. The SMILES string of the molecule is Cc1cc(Cl)ccc1OCCNC(=O)c1cn[nH]n1. The Bertz CT molecular complexity index is 557. The summed E-state index contributed by atoms with van der Waals surface area (Å²) in [6.07, 6.45) is 1.36. The van der Waals surface area contributed by atoms with Gasteiger partial charge in [0.1, 0.15) is 12.4 Å². The lowest BCUT2D eigenvalue weighted by atomic mass is 10.2. The average molecular weight is 281 g/mol. The number of carbonyl (C=O) groups excluding carboxylic acids is 1. The zero-order chi connectivity index (χ0) is 13.7. The molecule has 0 bridgehead atoms. The minimum Gasteiger partial charge on any atom is -0.491 e. The summed E-state index contributed by atoms with van der Waals surface area (Å²) in [6.45, 7) is 2.66. The van der Waals surface area contributed by atoms with E-state index in [9.17, 15) is 4.79 Å². The fraction of sp³-hybridized carbons (Fsp3) is 0.250. The topological polar surface area (TPSA) is 79.9 Å². The highest BCUT2D eigenvalue weighted by molar-refractivity contribution is 6.30. The number of benzene rings is 1. The Kier molecular flexibility index (Phi) is 4.35. The van der Waals surface area contributed by atoms with Crippen molar-refractivity contribution in [2.75, 3.05) is 13.2 Å². The van der Waals surface area contributed by atoms with Gasteiger partial charge in [0, 0.05) is 5.02 Å². The molecule has 1 amide bonds. The number of aromatic amines is 1. The number of rotatable bonds is 5. The average Bonchev–Trinajstić information content (AvgIpc) is 2.90. The summed E-state index contributed by atoms with van der Waals surface area (Å²) in [5.74, 6) is 0.463. The molecular formula is C12H13ClN4O2. The third kappa shape index (κ3) is 3.69. The Morgan fingerprint density at radius 2 is 2.37 bits per heavy atom. The first-order valence-electron chi connectivity index (χ1n) is 5.70. The van der Waals surface area contributed by atoms with E-state index in [1.807, 2.05) is 13.0 Å². The van der Waals surface area contributed by atoms with Gasteiger partial charge in [-0.2, -0.15) is 15.4 Å². The van der Waals surface area contributed by atoms with Crippen molar-refractivity contribution in [3.05, 3.63) is 40.7 Å². The summed E-state index contributed by atoms with van der Waals surface area (Å²) < 4.78 is 5.54. The second-order valence-electron chi connectivity index (χ2n) is 3.87. The van der Waals surface area contributed by atoms with Crippen LogP contribution in [0, 0.1) is 6.92 Å². The van der Waals surface area contributed by atoms with Crippen molar-refractivity contribution in [3.63, 3.8) is 0 Å². The van der Waals surface area contributed by atoms with Crippen LogP contribution in [0.5, 0.6) is 5.75 Å². The van der Waals surface area contributed by atoms with Gasteiger partial charge >= 0.3 is 0 Å². The van der Waals surface area contributed by atoms with Crippen molar-refractivity contribution >= 4 is 17.5 Å². The molecule has 6 nitrogen and oxygen atoms in total. The second-order valence-corrected chi connectivity index (χ2v) is 4.31. The Morgan fingerprint density at radius 1 is 1.53 bits per heavy atom. The molecule has 0 fully saturated rings. The van der Waals surface area contributed by atoms with Gasteiger partial charge in [0.05, 0.1) is 12.7 Å². The summed E-state index contributed by atoms with van der Waals surface area (Å²) in [5.41, 5.74) is 1.21. The third-order valence-electron chi connectivity index (χ3n) is 2.43. The van der Waals surface area contributed by atoms with Gasteiger partial charge in [0.15, 0.2) is 5.69 Å². The summed E-state index contributed by atoms with van der Waals surface area (Å²) in [5, 5.41) is 13.0. The summed E-state index contributed by atoms with van der Waals surface area (Å²) >= 11 is 5.85. The van der Waals surface area contributed by atoms with Crippen LogP contribution in [-0.2, 0) is 0 Å². The monoisotopic (exact) mass is 280 g/mol. The van der Waals surface area contributed by atoms with Crippen molar-refractivity contribution < 1.29 is 9.53 Å². The summed E-state index contributed by atoms with van der Waals surface area (Å²) in [4.78, 5) is 11.5. The molecule has 0 aliphatic heterocycles. The molecule has 2 N–H and O–H groups in total. The molecule has 0 atom stereocenters. The lowest BCUT2D eigenvalue weighted by molar-refractivity contribution is 0.0942. The molecule has 0 spiro atoms. The first-order valence-corrected chi connectivity index (χ1v) is 6.07. The van der Waals surface area contributed by atoms with Crippen LogP contribution in [0.2, 0.25) is 5.02 Å². The Labute approximate surface area is 115 Å². The molecule has 0 aliphatic rings. The fourth-order valence-corrected chi connectivity index (χ4v) is 1.73. The predicted octanol–water partition coefficient (Wildman–Crippen LogP) is 1.58. The minimum atomic E-state index is -0.287. The number of carbonyl (C=O) groups is 1. The number of nitrogens with zero attached hydrogens (tertiary/aromatic N) is 2. The van der Waals surface area contributed by atoms with Crippen molar-refractivity contribution in [1.29, 1.82) is 0 Å². The van der Waals surface area contributed by atoms with E-state index in [1.165, 1.54) is 6.20 Å². The lowest BCUT2D eigenvalue weighted by Crippen LogP contribution is -2.28. The zero-order valence-electron chi connectivity index (χ0n) is 10.3. The first-order chi connectivity index (χ1) is 9.16. The van der Waals surface area contributed by atoms with Gasteiger partial charge in [-0.3, -0.25) is 4.79 Å². The minimum absolute atomic E-state index is 0.252. The van der Waals surface area contributed by atoms with E-state index in [-0.39, 0.29) is 11.6 Å². The van der Waals surface area contributed by atoms with E-state index in [1.54, 1.807) is 12.1 Å². The molecule has 1 heterocycles. The number of nitrogens with one attached hydrogen (secondary N) is 2. The molecule has 0 unspecified atom stereocenters. The van der Waals surface area contributed by atoms with Crippen molar-refractivity contribution in [1.82, 2.24) is 20.7 Å². The Hall–Kier alpha value is -2.08. The van der Waals surface area contributed by atoms with E-state index in [2.05, 4.69) is 20.7 Å². The summed E-state index contributed by atoms with van der Waals surface area (Å²) in [6, 6.07) is 5.39. The van der Waals surface area contributed by atoms with Crippen LogP contribution in [-0.4, -0.2) is 34.5 Å². The van der Waals surface area contributed by atoms with Gasteiger partial charge in [0.25, 0.3) is 5.91 Å². The molecule has 0 aliphatic carbocycles. The molecular weight excluding hydrogens is 268 g/mol. The third-order valence-corrected chi connectivity index (χ3v) is 2.66. The van der Waals surface area contributed by atoms with Crippen LogP contribution in [0.25, 0.3) is 0 Å². The van der Waals surface area contributed by atoms with E-state index >= 15 is 0 Å². The number of halogens is 1. The Balaban J connectivity index is 1.76. The fourth-order valence-electron chi connectivity index (χ4n) is 1.50. The van der Waals surface area contributed by atoms with E-state index < -0.39 is 0 Å². The van der Waals surface area contributed by atoms with Crippen LogP contribution < -0.4 is 10.1 Å². The zero-order valence-corrected chi connectivity index (χ0v) is 11.1. The molecule has 19 heavy (non-hydrogen) atoms. The smallest absolute Gasteiger partial charge is 0.273 e. The highest BCUT2D eigenvalue weighted by atomic mass is 35.5. The predicted molar refractivity (Wildman–Crippen MR) is 70.4 cm³/mol. The van der Waals surface area contributed by atoms with Crippen molar-refractivity contribution in [3.8, 4) is 5.75 Å². The quantitative estimate of drug-likeness (QED) is 0.815. The lowest BCUT2D eigenvalue weighted by Gasteiger charge is -2.09. The largest absolute Gasteiger partial charge is 0.491 e. The molecule has 0 saturated heterocycles. The van der Waals surface area contributed by atoms with Crippen LogP contribution >= 0.6 is 11.6 Å². The van der Waals surface area contributed by atoms with E-state index in [4.69, 9.17) is 16.3 Å². The Morgan fingerprint density at radius 3 is 3.05 bits per heavy atom. The number of ether oxygens (including phenoxy) is 1. The number of aryl methyl sites for hydroxylation is 1. The molecule has 1 aromatic heterocycles. The van der Waals surface area contributed by atoms with Gasteiger partial charge in [-0.1, -0.05) is 11.6 Å². The highest BCUT2D eigenvalue weighted by Gasteiger charge is 2.07. The van der Waals surface area contributed by atoms with Gasteiger partial charge in [0.2, 0.25) is 0 Å². The number of hydrogen-bond donors (Lipinski definition) is 2. The van der Waals surface area contributed by atoms with Crippen LogP contribution in [0.1, 0.15) is 16.1 Å². The van der Waals surface area contributed by atoms with Crippen LogP contribution in [0.15, 0.2) is 24.4 Å². The molecule has 7 heteroatoms. The standard InChI is InChI=1S/C12H13ClN4O2/c1-8-6-9(13)2-3-11(8)19-5-4-14-12(18)10-7-15-17-16-10/h2-3,6-7H,4-5H2,1H3,(H,14,18)(H,15,16,17). The normalized spacial score (nSPS) is 10.2. The molecule has 2 rings (SSSR count). The molecule has 0 saturated carbocycles. The number of H-pyrrole nitrogens is 1. The highest BCUT2D eigenvalue weighted by Crippen LogP contribution is 2.21. The van der Waals surface area contributed by atoms with Gasteiger partial charge in [-0.25, -0.2) is 0 Å². The van der Waals surface area contributed by atoms with E-state index in [0.717, 1.165) is 11.3 Å². The number of hydrogen-bond acceptors (Lipinski definition) is 4. The molecule has 100 valence electrons. The van der Waals surface area contributed by atoms with E-state index in [0.29, 0.717) is 18.2 Å². The van der Waals surface area contributed by atoms with Crippen molar-refractivity contribution in [2.45, 2.75) is 6.92 Å². The molecule has 2 aromatic rings. The second kappa shape index (κ2) is 6.19. The van der Waals surface area contributed by atoms with Gasteiger partial charge < -0.3 is 10.1 Å². The maximum absolute atomic E-state index is 11.5. The maximum Gasteiger partial charge on any atom is 0.273 e. The van der Waals surface area contributed by atoms with Crippen molar-refractivity contribution in [2.24, 2.45) is 0 Å². The van der Waals surface area contributed by atoms with Crippen LogP contribution in [0.4, 0.5) is 0 Å². The number of aromatic nitrogens is 3. The van der Waals surface area contributed by atoms with Gasteiger partial charge in [-0.05, 0) is 30.7 Å². The van der Waals surface area contributed by atoms with Crippen LogP contribution in [0.3, 0.4) is 0 Å². The summed E-state index contributed by atoms with van der Waals surface area (Å²) in [7, 11) is 0. The molecule has 0 radical (unpaired) electrons. The molecule has 1 aromatic carbocycles. The van der Waals surface area contributed by atoms with Gasteiger partial charge in [-0.15, -0.1) is 0 Å². The number of amides is 1. The maximum atomic E-state index is 11.5.